The molecule has 0 atom stereocenters. The van der Waals surface area contributed by atoms with Crippen molar-refractivity contribution < 1.29 is 24.1 Å². The maximum atomic E-state index is 13.3. The molecule has 0 amide bonds. The van der Waals surface area contributed by atoms with Gasteiger partial charge in [-0.2, -0.15) is 4.52 Å². The predicted molar refractivity (Wildman–Crippen MR) is 123 cm³/mol. The molecule has 35 heavy (non-hydrogen) atoms. The van der Waals surface area contributed by atoms with E-state index < -0.39 is 0 Å². The third kappa shape index (κ3) is 4.65. The van der Waals surface area contributed by atoms with E-state index in [4.69, 9.17) is 14.5 Å². The van der Waals surface area contributed by atoms with Crippen LogP contribution in [0, 0.1) is 5.82 Å². The molecule has 0 spiro atoms. The lowest BCUT2D eigenvalue weighted by atomic mass is 10.0. The molecule has 0 bridgehead atoms. The number of pyridine rings is 1. The van der Waals surface area contributed by atoms with Gasteiger partial charge in [-0.15, -0.1) is 15.3 Å². The fourth-order valence-electron chi connectivity index (χ4n) is 4.13. The number of aromatic nitrogens is 5. The first-order valence-electron chi connectivity index (χ1n) is 11.2. The lowest BCUT2D eigenvalue weighted by Crippen LogP contribution is -2.43. The molecule has 0 fully saturated rings. The van der Waals surface area contributed by atoms with E-state index in [0.29, 0.717) is 35.9 Å². The van der Waals surface area contributed by atoms with Gasteiger partial charge >= 0.3 is 0 Å². The summed E-state index contributed by atoms with van der Waals surface area (Å²) in [7, 11) is 1.52. The van der Waals surface area contributed by atoms with Crippen molar-refractivity contribution in [3.05, 3.63) is 65.2 Å². The van der Waals surface area contributed by atoms with Crippen molar-refractivity contribution in [2.75, 3.05) is 26.9 Å². The molecule has 1 aromatic carbocycles. The zero-order valence-electron chi connectivity index (χ0n) is 19.1. The summed E-state index contributed by atoms with van der Waals surface area (Å²) in [5, 5.41) is 31.8. The topological polar surface area (TPSA) is 118 Å². The lowest BCUT2D eigenvalue weighted by molar-refractivity contribution is 0.0645. The van der Waals surface area contributed by atoms with Gasteiger partial charge < -0.3 is 19.7 Å². The third-order valence-corrected chi connectivity index (χ3v) is 6.08. The number of hydrogen-bond donors (Lipinski definition) is 2. The van der Waals surface area contributed by atoms with Gasteiger partial charge in [-0.25, -0.2) is 4.39 Å². The van der Waals surface area contributed by atoms with E-state index in [-0.39, 0.29) is 37.6 Å². The fraction of sp³-hybridized carbons (Fsp3) is 0.333. The summed E-state index contributed by atoms with van der Waals surface area (Å²) in [5.41, 5.74) is 3.92. The van der Waals surface area contributed by atoms with Crippen LogP contribution < -0.4 is 9.47 Å². The second-order valence-corrected chi connectivity index (χ2v) is 8.25. The smallest absolute Gasteiger partial charge is 0.275 e. The Morgan fingerprint density at radius 3 is 2.63 bits per heavy atom. The normalized spacial score (nSPS) is 13.9. The van der Waals surface area contributed by atoms with Crippen LogP contribution >= 0.6 is 0 Å². The Labute approximate surface area is 200 Å². The summed E-state index contributed by atoms with van der Waals surface area (Å²) in [5.74, 6) is 0.770. The minimum absolute atomic E-state index is 0.0837. The Morgan fingerprint density at radius 1 is 1.09 bits per heavy atom. The monoisotopic (exact) mass is 480 g/mol. The number of fused-ring (bicyclic) bond motifs is 2. The van der Waals surface area contributed by atoms with Crippen LogP contribution in [0.25, 0.3) is 17.0 Å². The number of aliphatic hydroxyl groups is 2. The fourth-order valence-corrected chi connectivity index (χ4v) is 4.13. The van der Waals surface area contributed by atoms with Gasteiger partial charge in [0.25, 0.3) is 5.88 Å². The molecule has 4 aromatic rings. The molecule has 0 saturated heterocycles. The molecule has 5 rings (SSSR count). The van der Waals surface area contributed by atoms with Crippen molar-refractivity contribution in [2.24, 2.45) is 0 Å². The van der Waals surface area contributed by atoms with Crippen molar-refractivity contribution in [1.29, 1.82) is 0 Å². The number of ether oxygens (including phenoxy) is 2. The molecule has 0 aliphatic carbocycles. The SMILES string of the molecule is COc1cc2nnc(-c3ccc(F)cc3)n2nc1OCc1ccc2c(n1)CCN(C(CO)CO)C2. The van der Waals surface area contributed by atoms with Crippen LogP contribution in [0.1, 0.15) is 17.0 Å². The summed E-state index contributed by atoms with van der Waals surface area (Å²) in [6, 6.07) is 11.2. The Hall–Kier alpha value is -3.67. The second-order valence-electron chi connectivity index (χ2n) is 8.25. The molecular weight excluding hydrogens is 455 g/mol. The average molecular weight is 481 g/mol. The summed E-state index contributed by atoms with van der Waals surface area (Å²) in [4.78, 5) is 6.80. The maximum absolute atomic E-state index is 13.3. The molecular formula is C24H25FN6O4. The van der Waals surface area contributed by atoms with Gasteiger partial charge in [-0.1, -0.05) is 6.07 Å². The van der Waals surface area contributed by atoms with Gasteiger partial charge in [0.05, 0.1) is 32.1 Å². The van der Waals surface area contributed by atoms with E-state index in [2.05, 4.69) is 20.2 Å². The molecule has 4 heterocycles. The van der Waals surface area contributed by atoms with Gasteiger partial charge in [-0.05, 0) is 35.9 Å². The molecule has 1 aliphatic rings. The predicted octanol–water partition coefficient (Wildman–Crippen LogP) is 1.62. The van der Waals surface area contributed by atoms with Crippen molar-refractivity contribution in [1.82, 2.24) is 29.7 Å². The van der Waals surface area contributed by atoms with Gasteiger partial charge in [-0.3, -0.25) is 9.88 Å². The van der Waals surface area contributed by atoms with E-state index >= 15 is 0 Å². The third-order valence-electron chi connectivity index (χ3n) is 6.08. The molecule has 0 unspecified atom stereocenters. The molecule has 1 aliphatic heterocycles. The lowest BCUT2D eigenvalue weighted by Gasteiger charge is -2.33. The van der Waals surface area contributed by atoms with Gasteiger partial charge in [0.15, 0.2) is 17.2 Å². The van der Waals surface area contributed by atoms with Crippen LogP contribution in [-0.2, 0) is 19.6 Å². The van der Waals surface area contributed by atoms with Crippen molar-refractivity contribution in [3.8, 4) is 23.0 Å². The molecule has 182 valence electrons. The molecule has 0 radical (unpaired) electrons. The highest BCUT2D eigenvalue weighted by atomic mass is 19.1. The minimum atomic E-state index is -0.340. The maximum Gasteiger partial charge on any atom is 0.275 e. The highest BCUT2D eigenvalue weighted by Gasteiger charge is 2.24. The highest BCUT2D eigenvalue weighted by Crippen LogP contribution is 2.28. The Balaban J connectivity index is 1.36. The van der Waals surface area contributed by atoms with E-state index in [0.717, 1.165) is 23.4 Å². The van der Waals surface area contributed by atoms with Crippen LogP contribution in [0.2, 0.25) is 0 Å². The van der Waals surface area contributed by atoms with Gasteiger partial charge in [0.1, 0.15) is 12.4 Å². The molecule has 0 saturated carbocycles. The van der Waals surface area contributed by atoms with Crippen molar-refractivity contribution in [2.45, 2.75) is 25.6 Å². The first-order valence-corrected chi connectivity index (χ1v) is 11.2. The zero-order valence-corrected chi connectivity index (χ0v) is 19.1. The molecule has 2 N–H and O–H groups in total. The summed E-state index contributed by atoms with van der Waals surface area (Å²) in [6.45, 7) is 1.35. The zero-order chi connectivity index (χ0) is 24.4. The first kappa shape index (κ1) is 23.1. The number of benzene rings is 1. The van der Waals surface area contributed by atoms with E-state index in [1.807, 2.05) is 12.1 Å². The number of aliphatic hydroxyl groups excluding tert-OH is 2. The number of rotatable bonds is 8. The largest absolute Gasteiger partial charge is 0.491 e. The Kier molecular flexibility index (Phi) is 6.53. The van der Waals surface area contributed by atoms with Crippen LogP contribution in [0.3, 0.4) is 0 Å². The summed E-state index contributed by atoms with van der Waals surface area (Å²) in [6.07, 6.45) is 0.717. The number of methoxy groups -OCH3 is 1. The van der Waals surface area contributed by atoms with Crippen LogP contribution in [0.4, 0.5) is 4.39 Å². The van der Waals surface area contributed by atoms with E-state index in [1.165, 1.54) is 23.8 Å². The van der Waals surface area contributed by atoms with E-state index in [9.17, 15) is 14.6 Å². The summed E-state index contributed by atoms with van der Waals surface area (Å²) < 4.78 is 26.3. The summed E-state index contributed by atoms with van der Waals surface area (Å²) >= 11 is 0. The molecule has 11 heteroatoms. The van der Waals surface area contributed by atoms with Crippen LogP contribution in [-0.4, -0.2) is 72.8 Å². The first-order chi connectivity index (χ1) is 17.1. The number of halogens is 1. The minimum Gasteiger partial charge on any atom is -0.491 e. The van der Waals surface area contributed by atoms with Crippen molar-refractivity contribution >= 4 is 5.65 Å². The Morgan fingerprint density at radius 2 is 1.89 bits per heavy atom. The number of nitrogens with zero attached hydrogens (tertiary/aromatic N) is 6. The average Bonchev–Trinajstić information content (AvgIpc) is 3.30. The van der Waals surface area contributed by atoms with Crippen LogP contribution in [0.5, 0.6) is 11.6 Å². The standard InChI is InChI=1S/C24H25FN6O4/c1-34-21-10-22-27-28-23(15-2-5-17(25)6-3-15)31(22)29-24(21)35-14-18-7-4-16-11-30(19(12-32)13-33)9-8-20(16)26-18/h2-7,10,19,32-33H,8-9,11-14H2,1H3. The Bertz CT molecular complexity index is 1330. The highest BCUT2D eigenvalue weighted by molar-refractivity contribution is 5.60. The van der Waals surface area contributed by atoms with Gasteiger partial charge in [0.2, 0.25) is 0 Å². The van der Waals surface area contributed by atoms with E-state index in [1.54, 1.807) is 18.2 Å². The quantitative estimate of drug-likeness (QED) is 0.388. The van der Waals surface area contributed by atoms with Crippen LogP contribution in [0.15, 0.2) is 42.5 Å². The number of hydrogen-bond acceptors (Lipinski definition) is 9. The molecule has 3 aromatic heterocycles. The second kappa shape index (κ2) is 9.90. The van der Waals surface area contributed by atoms with Gasteiger partial charge in [0, 0.05) is 36.8 Å². The van der Waals surface area contributed by atoms with Crippen molar-refractivity contribution in [3.63, 3.8) is 0 Å². The molecule has 10 nitrogen and oxygen atoms in total.